The summed E-state index contributed by atoms with van der Waals surface area (Å²) in [4.78, 5) is 10.8. The Balaban J connectivity index is 3.37. The van der Waals surface area contributed by atoms with Crippen molar-refractivity contribution in [2.75, 3.05) is 13.1 Å². The van der Waals surface area contributed by atoms with Crippen molar-refractivity contribution in [3.63, 3.8) is 0 Å². The van der Waals surface area contributed by atoms with Crippen LogP contribution < -0.4 is 0 Å². The third-order valence-electron chi connectivity index (χ3n) is 2.45. The quantitative estimate of drug-likeness (QED) is 0.813. The fourth-order valence-electron chi connectivity index (χ4n) is 1.67. The predicted molar refractivity (Wildman–Crippen MR) is 73.9 cm³/mol. The molecule has 1 N–H and O–H groups in total. The van der Waals surface area contributed by atoms with Gasteiger partial charge in [-0.3, -0.25) is 0 Å². The van der Waals surface area contributed by atoms with E-state index in [9.17, 15) is 13.2 Å². The van der Waals surface area contributed by atoms with Crippen molar-refractivity contribution < 1.29 is 18.3 Å². The first-order valence-electron chi connectivity index (χ1n) is 5.61. The summed E-state index contributed by atoms with van der Waals surface area (Å²) in [6, 6.07) is 0. The molecule has 5 nitrogen and oxygen atoms in total. The van der Waals surface area contributed by atoms with Crippen LogP contribution >= 0.6 is 11.3 Å². The molecule has 0 atom stereocenters. The Morgan fingerprint density at radius 2 is 2.21 bits per heavy atom. The molecular formula is C12H15NO4S2. The molecule has 0 aliphatic heterocycles. The molecule has 0 aromatic carbocycles. The molecule has 7 heteroatoms. The van der Waals surface area contributed by atoms with Crippen LogP contribution in [-0.4, -0.2) is 36.9 Å². The van der Waals surface area contributed by atoms with E-state index in [4.69, 9.17) is 11.5 Å². The fraction of sp³-hybridized carbons (Fsp3) is 0.417. The van der Waals surface area contributed by atoms with Crippen molar-refractivity contribution in [2.24, 2.45) is 0 Å². The molecule has 0 saturated carbocycles. The number of carbonyl (C=O) groups is 1. The normalized spacial score (nSPS) is 11.5. The highest BCUT2D eigenvalue weighted by Gasteiger charge is 2.31. The molecule has 0 saturated heterocycles. The number of hydrogen-bond donors (Lipinski definition) is 1. The van der Waals surface area contributed by atoms with Crippen LogP contribution in [0, 0.1) is 19.3 Å². The van der Waals surface area contributed by atoms with Gasteiger partial charge in [0.15, 0.2) is 0 Å². The maximum absolute atomic E-state index is 12.5. The Kier molecular flexibility index (Phi) is 5.11. The zero-order valence-electron chi connectivity index (χ0n) is 10.7. The smallest absolute Gasteiger partial charge is 0.347 e. The van der Waals surface area contributed by atoms with E-state index in [2.05, 4.69) is 5.92 Å². The van der Waals surface area contributed by atoms with Crippen LogP contribution in [0.4, 0.5) is 0 Å². The van der Waals surface area contributed by atoms with Crippen LogP contribution in [0.3, 0.4) is 0 Å². The maximum atomic E-state index is 12.5. The van der Waals surface area contributed by atoms with Crippen molar-refractivity contribution >= 4 is 27.3 Å². The SMILES string of the molecule is C#CCN(CCC)S(=O)(=O)c1c(C)csc1C(=O)O. The molecule has 0 radical (unpaired) electrons. The van der Waals surface area contributed by atoms with Crippen LogP contribution in [0.2, 0.25) is 0 Å². The fourth-order valence-corrected chi connectivity index (χ4v) is 4.70. The van der Waals surface area contributed by atoms with Gasteiger partial charge < -0.3 is 5.11 Å². The average molecular weight is 301 g/mol. The zero-order valence-corrected chi connectivity index (χ0v) is 12.3. The van der Waals surface area contributed by atoms with Crippen molar-refractivity contribution in [1.82, 2.24) is 4.31 Å². The maximum Gasteiger partial charge on any atom is 0.347 e. The van der Waals surface area contributed by atoms with Gasteiger partial charge in [-0.05, 0) is 24.3 Å². The molecule has 0 fully saturated rings. The summed E-state index contributed by atoms with van der Waals surface area (Å²) in [5.41, 5.74) is 0.431. The number of aryl methyl sites for hydroxylation is 1. The molecule has 0 aliphatic carbocycles. The van der Waals surface area contributed by atoms with Crippen molar-refractivity contribution in [2.45, 2.75) is 25.2 Å². The number of hydrogen-bond acceptors (Lipinski definition) is 4. The lowest BCUT2D eigenvalue weighted by molar-refractivity contribution is 0.0698. The first kappa shape index (κ1) is 15.7. The standard InChI is InChI=1S/C12H15NO4S2/c1-4-6-13(7-5-2)19(16,17)11-9(3)8-18-10(11)12(14)15/h1,8H,5-7H2,2-3H3,(H,14,15). The highest BCUT2D eigenvalue weighted by Crippen LogP contribution is 2.29. The minimum absolute atomic E-state index is 0.0650. The lowest BCUT2D eigenvalue weighted by atomic mass is 10.3. The number of sulfonamides is 1. The van der Waals surface area contributed by atoms with Gasteiger partial charge in [0.05, 0.1) is 6.54 Å². The van der Waals surface area contributed by atoms with Gasteiger partial charge in [0.2, 0.25) is 10.0 Å². The van der Waals surface area contributed by atoms with E-state index < -0.39 is 16.0 Å². The summed E-state index contributed by atoms with van der Waals surface area (Å²) in [5, 5.41) is 10.6. The van der Waals surface area contributed by atoms with E-state index in [-0.39, 0.29) is 22.9 Å². The number of rotatable bonds is 6. The van der Waals surface area contributed by atoms with Gasteiger partial charge in [0.25, 0.3) is 0 Å². The summed E-state index contributed by atoms with van der Waals surface area (Å²) in [6.45, 7) is 3.61. The summed E-state index contributed by atoms with van der Waals surface area (Å²) in [6.07, 6.45) is 5.78. The topological polar surface area (TPSA) is 74.7 Å². The van der Waals surface area contributed by atoms with E-state index in [0.29, 0.717) is 12.0 Å². The molecular weight excluding hydrogens is 286 g/mol. The van der Waals surface area contributed by atoms with Crippen LogP contribution in [-0.2, 0) is 10.0 Å². The molecule has 104 valence electrons. The molecule has 1 rings (SSSR count). The predicted octanol–water partition coefficient (Wildman–Crippen LogP) is 1.79. The first-order chi connectivity index (χ1) is 8.86. The van der Waals surface area contributed by atoms with Gasteiger partial charge in [-0.15, -0.1) is 17.8 Å². The minimum Gasteiger partial charge on any atom is -0.477 e. The number of terminal acetylenes is 1. The molecule has 1 aromatic heterocycles. The molecule has 0 amide bonds. The lowest BCUT2D eigenvalue weighted by Gasteiger charge is -2.19. The van der Waals surface area contributed by atoms with Gasteiger partial charge in [0, 0.05) is 6.54 Å². The Labute approximate surface area is 116 Å². The van der Waals surface area contributed by atoms with E-state index in [1.165, 1.54) is 5.38 Å². The molecule has 0 unspecified atom stereocenters. The van der Waals surface area contributed by atoms with Gasteiger partial charge in [-0.1, -0.05) is 12.8 Å². The van der Waals surface area contributed by atoms with Crippen LogP contribution in [0.1, 0.15) is 28.6 Å². The molecule has 0 spiro atoms. The number of carboxylic acid groups (broad SMARTS) is 1. The summed E-state index contributed by atoms with van der Waals surface area (Å²) < 4.78 is 26.1. The third kappa shape index (κ3) is 3.15. The number of carboxylic acids is 1. The Hall–Kier alpha value is -1.36. The number of thiophene rings is 1. The van der Waals surface area contributed by atoms with Crippen molar-refractivity contribution in [3.05, 3.63) is 15.8 Å². The second-order valence-electron chi connectivity index (χ2n) is 3.92. The van der Waals surface area contributed by atoms with E-state index >= 15 is 0 Å². The largest absolute Gasteiger partial charge is 0.477 e. The van der Waals surface area contributed by atoms with E-state index in [0.717, 1.165) is 15.6 Å². The van der Waals surface area contributed by atoms with E-state index in [1.54, 1.807) is 6.92 Å². The van der Waals surface area contributed by atoms with Gasteiger partial charge >= 0.3 is 5.97 Å². The van der Waals surface area contributed by atoms with Gasteiger partial charge in [-0.25, -0.2) is 13.2 Å². The summed E-state index contributed by atoms with van der Waals surface area (Å²) in [5.74, 6) is 1.05. The Bertz CT molecular complexity index is 610. The minimum atomic E-state index is -3.87. The number of aromatic carboxylic acids is 1. The highest BCUT2D eigenvalue weighted by atomic mass is 32.2. The Morgan fingerprint density at radius 3 is 2.68 bits per heavy atom. The van der Waals surface area contributed by atoms with E-state index in [1.807, 2.05) is 6.92 Å². The first-order valence-corrected chi connectivity index (χ1v) is 7.93. The molecule has 1 heterocycles. The average Bonchev–Trinajstić information content (AvgIpc) is 2.71. The monoisotopic (exact) mass is 301 g/mol. The number of nitrogens with zero attached hydrogens (tertiary/aromatic N) is 1. The summed E-state index contributed by atoms with van der Waals surface area (Å²) >= 11 is 0.908. The molecule has 0 bridgehead atoms. The summed E-state index contributed by atoms with van der Waals surface area (Å²) in [7, 11) is -3.87. The Morgan fingerprint density at radius 1 is 1.58 bits per heavy atom. The van der Waals surface area contributed by atoms with Gasteiger partial charge in [-0.2, -0.15) is 4.31 Å². The van der Waals surface area contributed by atoms with Crippen LogP contribution in [0.5, 0.6) is 0 Å². The van der Waals surface area contributed by atoms with Crippen molar-refractivity contribution in [3.8, 4) is 12.3 Å². The second kappa shape index (κ2) is 6.19. The second-order valence-corrected chi connectivity index (χ2v) is 6.68. The molecule has 0 aliphatic rings. The van der Waals surface area contributed by atoms with Crippen molar-refractivity contribution in [1.29, 1.82) is 0 Å². The van der Waals surface area contributed by atoms with Crippen LogP contribution in [0.15, 0.2) is 10.3 Å². The molecule has 1 aromatic rings. The molecule has 19 heavy (non-hydrogen) atoms. The lowest BCUT2D eigenvalue weighted by Crippen LogP contribution is -2.33. The van der Waals surface area contributed by atoms with Gasteiger partial charge in [0.1, 0.15) is 9.77 Å². The zero-order chi connectivity index (χ0) is 14.6. The third-order valence-corrected chi connectivity index (χ3v) is 5.70. The van der Waals surface area contributed by atoms with Crippen LogP contribution in [0.25, 0.3) is 0 Å². The highest BCUT2D eigenvalue weighted by molar-refractivity contribution is 7.89.